The van der Waals surface area contributed by atoms with E-state index >= 15 is 0 Å². The zero-order chi connectivity index (χ0) is 16.1. The van der Waals surface area contributed by atoms with Crippen molar-refractivity contribution < 1.29 is 23.8 Å². The van der Waals surface area contributed by atoms with Gasteiger partial charge in [0.05, 0.1) is 38.5 Å². The summed E-state index contributed by atoms with van der Waals surface area (Å²) in [6.07, 6.45) is 0.771. The fourth-order valence-corrected chi connectivity index (χ4v) is 2.37. The van der Waals surface area contributed by atoms with Gasteiger partial charge in [0.15, 0.2) is 11.5 Å². The van der Waals surface area contributed by atoms with E-state index in [-0.39, 0.29) is 29.8 Å². The van der Waals surface area contributed by atoms with Crippen molar-refractivity contribution in [2.75, 3.05) is 39.7 Å². The molecule has 0 aliphatic carbocycles. The number of ether oxygens (including phenoxy) is 3. The van der Waals surface area contributed by atoms with Gasteiger partial charge in [0.1, 0.15) is 0 Å². The SMILES string of the molecule is COC(=O)c1cc(OC)c(OC)cc1NC(=O)C1CCNC1.Cl. The Bertz CT molecular complexity index is 573. The lowest BCUT2D eigenvalue weighted by Crippen LogP contribution is -2.25. The molecule has 2 N–H and O–H groups in total. The van der Waals surface area contributed by atoms with E-state index in [0.717, 1.165) is 13.0 Å². The van der Waals surface area contributed by atoms with Crippen LogP contribution < -0.4 is 20.1 Å². The van der Waals surface area contributed by atoms with Crippen LogP contribution in [0.4, 0.5) is 5.69 Å². The predicted octanol–water partition coefficient (Wildman–Crippen LogP) is 1.46. The third-order valence-corrected chi connectivity index (χ3v) is 3.62. The van der Waals surface area contributed by atoms with Crippen molar-refractivity contribution in [2.24, 2.45) is 5.92 Å². The molecule has 2 rings (SSSR count). The van der Waals surface area contributed by atoms with Gasteiger partial charge in [0.2, 0.25) is 5.91 Å². The summed E-state index contributed by atoms with van der Waals surface area (Å²) in [6, 6.07) is 3.05. The first kappa shape index (κ1) is 19.1. The molecular weight excluding hydrogens is 324 g/mol. The Labute approximate surface area is 141 Å². The lowest BCUT2D eigenvalue weighted by atomic mass is 10.1. The van der Waals surface area contributed by atoms with Crippen LogP contribution in [-0.2, 0) is 9.53 Å². The third kappa shape index (κ3) is 4.27. The Hall–Kier alpha value is -1.99. The van der Waals surface area contributed by atoms with E-state index in [2.05, 4.69) is 10.6 Å². The smallest absolute Gasteiger partial charge is 0.340 e. The minimum Gasteiger partial charge on any atom is -0.493 e. The molecule has 1 saturated heterocycles. The maximum atomic E-state index is 12.3. The van der Waals surface area contributed by atoms with Gasteiger partial charge < -0.3 is 24.8 Å². The second kappa shape index (κ2) is 8.59. The lowest BCUT2D eigenvalue weighted by molar-refractivity contribution is -0.119. The molecule has 1 heterocycles. The molecule has 1 fully saturated rings. The number of rotatable bonds is 5. The number of esters is 1. The fourth-order valence-electron chi connectivity index (χ4n) is 2.37. The number of amides is 1. The number of benzene rings is 1. The molecule has 0 radical (unpaired) electrons. The van der Waals surface area contributed by atoms with Crippen molar-refractivity contribution in [2.45, 2.75) is 6.42 Å². The van der Waals surface area contributed by atoms with Gasteiger partial charge in [-0.3, -0.25) is 4.79 Å². The van der Waals surface area contributed by atoms with Crippen LogP contribution in [0.5, 0.6) is 11.5 Å². The van der Waals surface area contributed by atoms with Crippen molar-refractivity contribution in [1.82, 2.24) is 5.32 Å². The summed E-state index contributed by atoms with van der Waals surface area (Å²) in [5.74, 6) is 0.0141. The molecule has 0 spiro atoms. The Morgan fingerprint density at radius 3 is 2.35 bits per heavy atom. The van der Waals surface area contributed by atoms with Gasteiger partial charge in [-0.1, -0.05) is 0 Å². The number of hydrogen-bond donors (Lipinski definition) is 2. The molecule has 1 aliphatic rings. The zero-order valence-corrected chi connectivity index (χ0v) is 14.1. The van der Waals surface area contributed by atoms with E-state index in [1.807, 2.05) is 0 Å². The highest BCUT2D eigenvalue weighted by molar-refractivity contribution is 6.02. The number of nitrogens with one attached hydrogen (secondary N) is 2. The molecule has 23 heavy (non-hydrogen) atoms. The second-order valence-corrected chi connectivity index (χ2v) is 4.92. The number of methoxy groups -OCH3 is 3. The van der Waals surface area contributed by atoms with E-state index in [1.54, 1.807) is 6.07 Å². The molecule has 0 bridgehead atoms. The van der Waals surface area contributed by atoms with Crippen molar-refractivity contribution in [3.05, 3.63) is 17.7 Å². The molecule has 1 aromatic carbocycles. The highest BCUT2D eigenvalue weighted by Crippen LogP contribution is 2.34. The van der Waals surface area contributed by atoms with Crippen molar-refractivity contribution >= 4 is 30.0 Å². The topological polar surface area (TPSA) is 85.9 Å². The number of anilines is 1. The Morgan fingerprint density at radius 2 is 1.83 bits per heavy atom. The molecule has 1 unspecified atom stereocenters. The quantitative estimate of drug-likeness (QED) is 0.786. The summed E-state index contributed by atoms with van der Waals surface area (Å²) in [5, 5.41) is 5.91. The highest BCUT2D eigenvalue weighted by Gasteiger charge is 2.25. The van der Waals surface area contributed by atoms with Gasteiger partial charge in [-0.15, -0.1) is 12.4 Å². The molecule has 7 nitrogen and oxygen atoms in total. The molecule has 1 atom stereocenters. The van der Waals surface area contributed by atoms with Gasteiger partial charge >= 0.3 is 5.97 Å². The average molecular weight is 345 g/mol. The molecule has 8 heteroatoms. The minimum absolute atomic E-state index is 0. The maximum absolute atomic E-state index is 12.3. The summed E-state index contributed by atoms with van der Waals surface area (Å²) in [6.45, 7) is 1.44. The first-order chi connectivity index (χ1) is 10.6. The van der Waals surface area contributed by atoms with Crippen LogP contribution in [0, 0.1) is 5.92 Å². The third-order valence-electron chi connectivity index (χ3n) is 3.62. The summed E-state index contributed by atoms with van der Waals surface area (Å²) in [4.78, 5) is 24.2. The second-order valence-electron chi connectivity index (χ2n) is 4.92. The first-order valence-electron chi connectivity index (χ1n) is 6.96. The van der Waals surface area contributed by atoms with Crippen LogP contribution in [0.2, 0.25) is 0 Å². The predicted molar refractivity (Wildman–Crippen MR) is 87.7 cm³/mol. The largest absolute Gasteiger partial charge is 0.493 e. The summed E-state index contributed by atoms with van der Waals surface area (Å²) in [5.41, 5.74) is 0.570. The van der Waals surface area contributed by atoms with Gasteiger partial charge in [-0.25, -0.2) is 4.79 Å². The monoisotopic (exact) mass is 344 g/mol. The maximum Gasteiger partial charge on any atom is 0.340 e. The highest BCUT2D eigenvalue weighted by atomic mass is 35.5. The van der Waals surface area contributed by atoms with E-state index < -0.39 is 5.97 Å². The molecular formula is C15H21ClN2O5. The number of halogens is 1. The first-order valence-corrected chi connectivity index (χ1v) is 6.96. The summed E-state index contributed by atoms with van der Waals surface area (Å²) < 4.78 is 15.1. The standard InChI is InChI=1S/C15H20N2O5.ClH/c1-20-12-6-10(15(19)22-3)11(7-13(12)21-2)17-14(18)9-4-5-16-8-9;/h6-7,9,16H,4-5,8H2,1-3H3,(H,17,18);1H. The van der Waals surface area contributed by atoms with Gasteiger partial charge in [0.25, 0.3) is 0 Å². The van der Waals surface area contributed by atoms with Gasteiger partial charge in [-0.2, -0.15) is 0 Å². The Kier molecular flexibility index (Phi) is 7.12. The zero-order valence-electron chi connectivity index (χ0n) is 13.3. The van der Waals surface area contributed by atoms with E-state index in [1.165, 1.54) is 27.4 Å². The molecule has 0 saturated carbocycles. The van der Waals surface area contributed by atoms with Crippen LogP contribution in [-0.4, -0.2) is 46.3 Å². The number of carbonyl (C=O) groups excluding carboxylic acids is 2. The minimum atomic E-state index is -0.555. The van der Waals surface area contributed by atoms with E-state index in [4.69, 9.17) is 14.2 Å². The molecule has 1 aliphatic heterocycles. The summed E-state index contributed by atoms with van der Waals surface area (Å²) in [7, 11) is 4.25. The Morgan fingerprint density at radius 1 is 1.17 bits per heavy atom. The van der Waals surface area contributed by atoms with Crippen LogP contribution in [0.3, 0.4) is 0 Å². The van der Waals surface area contributed by atoms with Crippen molar-refractivity contribution in [3.63, 3.8) is 0 Å². The number of carbonyl (C=O) groups is 2. The van der Waals surface area contributed by atoms with Crippen LogP contribution in [0.1, 0.15) is 16.8 Å². The summed E-state index contributed by atoms with van der Waals surface area (Å²) >= 11 is 0. The molecule has 0 aromatic heterocycles. The molecule has 128 valence electrons. The molecule has 1 amide bonds. The Balaban J connectivity index is 0.00000264. The van der Waals surface area contributed by atoms with Gasteiger partial charge in [0, 0.05) is 18.7 Å². The van der Waals surface area contributed by atoms with Crippen LogP contribution in [0.15, 0.2) is 12.1 Å². The average Bonchev–Trinajstić information content (AvgIpc) is 3.08. The van der Waals surface area contributed by atoms with E-state index in [9.17, 15) is 9.59 Å². The van der Waals surface area contributed by atoms with Crippen molar-refractivity contribution in [3.8, 4) is 11.5 Å². The van der Waals surface area contributed by atoms with E-state index in [0.29, 0.717) is 23.7 Å². The normalized spacial score (nSPS) is 16.2. The van der Waals surface area contributed by atoms with Crippen molar-refractivity contribution in [1.29, 1.82) is 0 Å². The fraction of sp³-hybridized carbons (Fsp3) is 0.467. The van der Waals surface area contributed by atoms with Crippen LogP contribution >= 0.6 is 12.4 Å². The molecule has 1 aromatic rings. The number of hydrogen-bond acceptors (Lipinski definition) is 6. The van der Waals surface area contributed by atoms with Crippen LogP contribution in [0.25, 0.3) is 0 Å². The van der Waals surface area contributed by atoms with Gasteiger partial charge in [-0.05, 0) is 13.0 Å². The lowest BCUT2D eigenvalue weighted by Gasteiger charge is -2.16.